The Hall–Kier alpha value is -3.45. The van der Waals surface area contributed by atoms with Gasteiger partial charge in [-0.25, -0.2) is 8.42 Å². The van der Waals surface area contributed by atoms with Gasteiger partial charge in [-0.05, 0) is 72.8 Å². The minimum Gasteiger partial charge on any atom is -0.501 e. The summed E-state index contributed by atoms with van der Waals surface area (Å²) in [6, 6.07) is 13.6. The highest BCUT2D eigenvalue weighted by molar-refractivity contribution is 7.95. The molecule has 0 N–H and O–H groups in total. The lowest BCUT2D eigenvalue weighted by Crippen LogP contribution is -2.15. The monoisotopic (exact) mass is 466 g/mol. The van der Waals surface area contributed by atoms with Crippen molar-refractivity contribution in [1.82, 2.24) is 0 Å². The van der Waals surface area contributed by atoms with E-state index in [0.29, 0.717) is 17.9 Å². The van der Waals surface area contributed by atoms with E-state index in [1.54, 1.807) is 81.0 Å². The maximum absolute atomic E-state index is 13.0. The van der Waals surface area contributed by atoms with Gasteiger partial charge in [0.1, 0.15) is 23.4 Å². The Kier molecular flexibility index (Phi) is 6.89. The lowest BCUT2D eigenvalue weighted by molar-refractivity contribution is 0.143. The van der Waals surface area contributed by atoms with E-state index in [0.717, 1.165) is 30.1 Å². The Morgan fingerprint density at radius 2 is 1.39 bits per heavy atom. The normalized spacial score (nSPS) is 18.0. The first-order valence-corrected chi connectivity index (χ1v) is 12.1. The minimum absolute atomic E-state index is 0.187. The predicted octanol–water partition coefficient (Wildman–Crippen LogP) is 5.70. The highest BCUT2D eigenvalue weighted by Crippen LogP contribution is 2.30. The van der Waals surface area contributed by atoms with Crippen LogP contribution >= 0.6 is 0 Å². The summed E-state index contributed by atoms with van der Waals surface area (Å²) in [5.74, 6) is 3.72. The van der Waals surface area contributed by atoms with E-state index < -0.39 is 9.84 Å². The second kappa shape index (κ2) is 10.0. The Balaban J connectivity index is 1.38. The van der Waals surface area contributed by atoms with Gasteiger partial charge in [-0.2, -0.15) is 0 Å². The van der Waals surface area contributed by atoms with E-state index in [2.05, 4.69) is 0 Å². The maximum atomic E-state index is 13.0. The second-order valence-electron chi connectivity index (χ2n) is 7.58. The van der Waals surface area contributed by atoms with Crippen molar-refractivity contribution in [2.75, 3.05) is 14.2 Å². The van der Waals surface area contributed by atoms with Gasteiger partial charge in [0, 0.05) is 19.3 Å². The molecule has 33 heavy (non-hydrogen) atoms. The summed E-state index contributed by atoms with van der Waals surface area (Å²) in [6.45, 7) is 0. The van der Waals surface area contributed by atoms with Crippen LogP contribution in [0.25, 0.3) is 0 Å². The Morgan fingerprint density at radius 1 is 0.788 bits per heavy atom. The van der Waals surface area contributed by atoms with Crippen LogP contribution in [0.1, 0.15) is 19.3 Å². The highest BCUT2D eigenvalue weighted by Gasteiger charge is 2.23. The molecule has 0 saturated carbocycles. The molecule has 1 unspecified atom stereocenters. The molecule has 0 amide bonds. The van der Waals surface area contributed by atoms with Gasteiger partial charge in [0.25, 0.3) is 0 Å². The number of hydrogen-bond acceptors (Lipinski definition) is 6. The number of ether oxygens (including phenoxy) is 4. The fraction of sp³-hybridized carbons (Fsp3) is 0.231. The number of benzene rings is 2. The maximum Gasteiger partial charge on any atom is 0.206 e. The van der Waals surface area contributed by atoms with Crippen LogP contribution in [0.5, 0.6) is 17.2 Å². The molecule has 0 aromatic heterocycles. The molecule has 2 aliphatic rings. The molecule has 2 aromatic carbocycles. The Labute approximate surface area is 194 Å². The van der Waals surface area contributed by atoms with E-state index in [1.807, 2.05) is 12.2 Å². The SMILES string of the molecule is COC1=CC=C(OC2C=CC(S(=O)(=O)c3ccc(Oc4ccc(OC)cc4)cc3)=CC2)CC1. The van der Waals surface area contributed by atoms with Gasteiger partial charge in [0.2, 0.25) is 9.84 Å². The zero-order valence-corrected chi connectivity index (χ0v) is 19.4. The lowest BCUT2D eigenvalue weighted by atomic mass is 10.1. The van der Waals surface area contributed by atoms with Crippen molar-refractivity contribution >= 4 is 9.84 Å². The van der Waals surface area contributed by atoms with Crippen LogP contribution in [-0.4, -0.2) is 28.7 Å². The van der Waals surface area contributed by atoms with Gasteiger partial charge < -0.3 is 18.9 Å². The lowest BCUT2D eigenvalue weighted by Gasteiger charge is -2.22. The third kappa shape index (κ3) is 5.49. The molecule has 7 heteroatoms. The molecule has 172 valence electrons. The molecule has 1 atom stereocenters. The molecule has 0 radical (unpaired) electrons. The quantitative estimate of drug-likeness (QED) is 0.497. The number of methoxy groups -OCH3 is 2. The largest absolute Gasteiger partial charge is 0.501 e. The number of allylic oxidation sites excluding steroid dienone is 5. The number of sulfone groups is 1. The summed E-state index contributed by atoms with van der Waals surface area (Å²) in [6.07, 6.45) is 10.8. The van der Waals surface area contributed by atoms with Crippen molar-refractivity contribution < 1.29 is 27.4 Å². The van der Waals surface area contributed by atoms with Gasteiger partial charge in [-0.15, -0.1) is 0 Å². The zero-order valence-electron chi connectivity index (χ0n) is 18.6. The van der Waals surface area contributed by atoms with Gasteiger partial charge in [-0.3, -0.25) is 0 Å². The molecular weight excluding hydrogens is 440 g/mol. The molecule has 0 fully saturated rings. The summed E-state index contributed by atoms with van der Waals surface area (Å²) in [5.41, 5.74) is 0. The van der Waals surface area contributed by atoms with Crippen LogP contribution in [0.15, 0.2) is 100 Å². The smallest absolute Gasteiger partial charge is 0.206 e. The number of rotatable bonds is 8. The van der Waals surface area contributed by atoms with E-state index in [-0.39, 0.29) is 15.9 Å². The van der Waals surface area contributed by atoms with Crippen molar-refractivity contribution in [1.29, 1.82) is 0 Å². The Bertz CT molecular complexity index is 1200. The van der Waals surface area contributed by atoms with E-state index in [1.165, 1.54) is 0 Å². The van der Waals surface area contributed by atoms with E-state index in [9.17, 15) is 8.42 Å². The topological polar surface area (TPSA) is 71.1 Å². The molecule has 4 rings (SSSR count). The summed E-state index contributed by atoms with van der Waals surface area (Å²) in [5, 5.41) is 0. The molecule has 0 spiro atoms. The van der Waals surface area contributed by atoms with Gasteiger partial charge in [0.15, 0.2) is 0 Å². The third-order valence-corrected chi connectivity index (χ3v) is 7.22. The summed E-state index contributed by atoms with van der Waals surface area (Å²) < 4.78 is 48.2. The standard InChI is InChI=1S/C26H26O6S/c1-29-19-3-7-21(8-4-19)31-23-11-15-25(16-12-23)33(27,28)26-17-13-24(14-18-26)32-22-9-5-20(30-2)6-10-22/h3-5,7-9,11-13,15-18,24H,6,10,14H2,1-2H3. The van der Waals surface area contributed by atoms with Crippen molar-refractivity contribution in [2.45, 2.75) is 30.3 Å². The van der Waals surface area contributed by atoms with Crippen molar-refractivity contribution in [3.8, 4) is 17.2 Å². The van der Waals surface area contributed by atoms with Crippen LogP contribution < -0.4 is 9.47 Å². The van der Waals surface area contributed by atoms with Crippen LogP contribution in [-0.2, 0) is 19.3 Å². The van der Waals surface area contributed by atoms with Crippen LogP contribution in [0, 0.1) is 0 Å². The summed E-state index contributed by atoms with van der Waals surface area (Å²) in [4.78, 5) is 0.484. The fourth-order valence-electron chi connectivity index (χ4n) is 3.53. The molecule has 0 bridgehead atoms. The van der Waals surface area contributed by atoms with Crippen molar-refractivity contribution in [2.24, 2.45) is 0 Å². The third-order valence-electron chi connectivity index (χ3n) is 5.40. The zero-order chi connectivity index (χ0) is 23.3. The molecule has 2 aliphatic carbocycles. The molecule has 0 aliphatic heterocycles. The van der Waals surface area contributed by atoms with Gasteiger partial charge >= 0.3 is 0 Å². The Morgan fingerprint density at radius 3 is 1.94 bits per heavy atom. The first-order chi connectivity index (χ1) is 16.0. The van der Waals surface area contributed by atoms with Crippen LogP contribution in [0.3, 0.4) is 0 Å². The molecule has 6 nitrogen and oxygen atoms in total. The van der Waals surface area contributed by atoms with E-state index >= 15 is 0 Å². The first kappa shape index (κ1) is 22.7. The highest BCUT2D eigenvalue weighted by atomic mass is 32.2. The van der Waals surface area contributed by atoms with Crippen molar-refractivity contribution in [3.05, 3.63) is 95.3 Å². The molecular formula is C26H26O6S. The summed E-state index contributed by atoms with van der Waals surface area (Å²) in [7, 11) is -0.366. The first-order valence-electron chi connectivity index (χ1n) is 10.6. The van der Waals surface area contributed by atoms with Gasteiger partial charge in [-0.1, -0.05) is 6.08 Å². The minimum atomic E-state index is -3.62. The number of hydrogen-bond donors (Lipinski definition) is 0. The average molecular weight is 467 g/mol. The second-order valence-corrected chi connectivity index (χ2v) is 9.53. The molecule has 0 heterocycles. The summed E-state index contributed by atoms with van der Waals surface area (Å²) >= 11 is 0. The predicted molar refractivity (Wildman–Crippen MR) is 126 cm³/mol. The fourth-order valence-corrected chi connectivity index (χ4v) is 4.87. The van der Waals surface area contributed by atoms with Crippen LogP contribution in [0.2, 0.25) is 0 Å². The van der Waals surface area contributed by atoms with Crippen LogP contribution in [0.4, 0.5) is 0 Å². The molecule has 0 saturated heterocycles. The van der Waals surface area contributed by atoms with Gasteiger partial charge in [0.05, 0.1) is 35.5 Å². The average Bonchev–Trinajstić information content (AvgIpc) is 2.86. The van der Waals surface area contributed by atoms with E-state index in [4.69, 9.17) is 18.9 Å². The van der Waals surface area contributed by atoms with Crippen molar-refractivity contribution in [3.63, 3.8) is 0 Å². The molecule has 2 aromatic rings.